The van der Waals surface area contributed by atoms with Gasteiger partial charge in [0.1, 0.15) is 16.3 Å². The number of carboxylic acid groups (broad SMARTS) is 1. The Morgan fingerprint density at radius 1 is 1.46 bits per heavy atom. The van der Waals surface area contributed by atoms with E-state index in [0.29, 0.717) is 5.56 Å². The maximum Gasteiger partial charge on any atom is 0.339 e. The number of thiocarbonyl (C=S) groups is 1. The molecular weight excluding hydrogens is 190 g/mol. The van der Waals surface area contributed by atoms with Gasteiger partial charge >= 0.3 is 5.97 Å². The number of rotatable bonds is 2. The van der Waals surface area contributed by atoms with Crippen LogP contribution in [0.15, 0.2) is 18.2 Å². The normalized spacial score (nSPS) is 9.54. The van der Waals surface area contributed by atoms with Crippen LogP contribution in [-0.2, 0) is 0 Å². The Bertz CT molecular complexity index is 376. The number of aromatic hydroxyl groups is 1. The Morgan fingerprint density at radius 2 is 2.08 bits per heavy atom. The van der Waals surface area contributed by atoms with Crippen molar-refractivity contribution < 1.29 is 15.0 Å². The predicted octanol–water partition coefficient (Wildman–Crippen LogP) is 0.725. The zero-order valence-electron chi connectivity index (χ0n) is 6.52. The van der Waals surface area contributed by atoms with E-state index in [4.69, 9.17) is 10.8 Å². The molecule has 0 amide bonds. The summed E-state index contributed by atoms with van der Waals surface area (Å²) in [7, 11) is 0. The molecule has 1 aromatic rings. The molecule has 0 radical (unpaired) electrons. The number of benzene rings is 1. The minimum absolute atomic E-state index is 0.118. The molecule has 0 atom stereocenters. The van der Waals surface area contributed by atoms with E-state index in [1.165, 1.54) is 18.2 Å². The van der Waals surface area contributed by atoms with E-state index in [-0.39, 0.29) is 16.3 Å². The van der Waals surface area contributed by atoms with Crippen molar-refractivity contribution in [3.8, 4) is 5.75 Å². The molecule has 0 aromatic heterocycles. The van der Waals surface area contributed by atoms with Gasteiger partial charge in [-0.05, 0) is 12.1 Å². The smallest absolute Gasteiger partial charge is 0.339 e. The summed E-state index contributed by atoms with van der Waals surface area (Å²) in [6.45, 7) is 0. The number of nitrogens with two attached hydrogens (primary N) is 1. The Hall–Kier alpha value is -1.62. The first-order valence-electron chi connectivity index (χ1n) is 3.38. The van der Waals surface area contributed by atoms with Gasteiger partial charge in [-0.25, -0.2) is 4.79 Å². The average molecular weight is 197 g/mol. The molecule has 0 saturated heterocycles. The highest BCUT2D eigenvalue weighted by Crippen LogP contribution is 2.18. The first-order chi connectivity index (χ1) is 6.02. The van der Waals surface area contributed by atoms with Crippen molar-refractivity contribution in [3.05, 3.63) is 29.3 Å². The predicted molar refractivity (Wildman–Crippen MR) is 51.0 cm³/mol. The standard InChI is InChI=1S/C8H7NO3S/c9-7(13)4-1-2-5(8(11)12)6(10)3-4/h1-3,10H,(H2,9,13)(H,11,12). The molecule has 0 unspecified atom stereocenters. The molecule has 0 heterocycles. The molecule has 1 aromatic carbocycles. The zero-order chi connectivity index (χ0) is 10.0. The van der Waals surface area contributed by atoms with Gasteiger partial charge in [-0.2, -0.15) is 0 Å². The number of phenols is 1. The summed E-state index contributed by atoms with van der Waals surface area (Å²) < 4.78 is 0. The summed E-state index contributed by atoms with van der Waals surface area (Å²) in [5, 5.41) is 17.8. The van der Waals surface area contributed by atoms with Gasteiger partial charge in [-0.3, -0.25) is 0 Å². The maximum absolute atomic E-state index is 10.5. The van der Waals surface area contributed by atoms with Gasteiger partial charge in [0.15, 0.2) is 0 Å². The quantitative estimate of drug-likeness (QED) is 0.608. The second-order valence-corrected chi connectivity index (χ2v) is 2.84. The molecule has 1 rings (SSSR count). The lowest BCUT2D eigenvalue weighted by atomic mass is 10.1. The molecule has 0 bridgehead atoms. The Kier molecular flexibility index (Phi) is 2.48. The van der Waals surface area contributed by atoms with Crippen LogP contribution in [0.4, 0.5) is 0 Å². The van der Waals surface area contributed by atoms with Gasteiger partial charge in [0.2, 0.25) is 0 Å². The summed E-state index contributed by atoms with van der Waals surface area (Å²) in [6.07, 6.45) is 0. The van der Waals surface area contributed by atoms with Gasteiger partial charge in [0.05, 0.1) is 0 Å². The van der Waals surface area contributed by atoms with Crippen LogP contribution in [0.25, 0.3) is 0 Å². The number of aromatic carboxylic acids is 1. The van der Waals surface area contributed by atoms with Gasteiger partial charge in [0, 0.05) is 5.56 Å². The molecule has 13 heavy (non-hydrogen) atoms. The lowest BCUT2D eigenvalue weighted by Crippen LogP contribution is -2.09. The first kappa shape index (κ1) is 9.47. The van der Waals surface area contributed by atoms with Crippen LogP contribution in [0.5, 0.6) is 5.75 Å². The van der Waals surface area contributed by atoms with Crippen molar-refractivity contribution in [2.75, 3.05) is 0 Å². The fraction of sp³-hybridized carbons (Fsp3) is 0. The minimum Gasteiger partial charge on any atom is -0.507 e. The van der Waals surface area contributed by atoms with Crippen LogP contribution >= 0.6 is 12.2 Å². The van der Waals surface area contributed by atoms with E-state index in [9.17, 15) is 9.90 Å². The van der Waals surface area contributed by atoms with Gasteiger partial charge in [0.25, 0.3) is 0 Å². The Balaban J connectivity index is 3.20. The second-order valence-electron chi connectivity index (χ2n) is 2.40. The highest BCUT2D eigenvalue weighted by atomic mass is 32.1. The molecule has 0 aliphatic heterocycles. The van der Waals surface area contributed by atoms with E-state index in [1.807, 2.05) is 0 Å². The molecule has 0 saturated carbocycles. The number of carbonyl (C=O) groups is 1. The lowest BCUT2D eigenvalue weighted by Gasteiger charge is -2.01. The molecule has 0 aliphatic rings. The molecule has 0 aliphatic carbocycles. The number of carboxylic acids is 1. The van der Waals surface area contributed by atoms with Crippen molar-refractivity contribution in [3.63, 3.8) is 0 Å². The van der Waals surface area contributed by atoms with E-state index in [1.54, 1.807) is 0 Å². The first-order valence-corrected chi connectivity index (χ1v) is 3.79. The third-order valence-corrected chi connectivity index (χ3v) is 1.75. The third-order valence-electron chi connectivity index (χ3n) is 1.51. The number of hydrogen-bond donors (Lipinski definition) is 3. The minimum atomic E-state index is -1.19. The molecule has 4 N–H and O–H groups in total. The summed E-state index contributed by atoms with van der Waals surface area (Å²) in [6, 6.07) is 3.93. The second kappa shape index (κ2) is 3.40. The summed E-state index contributed by atoms with van der Waals surface area (Å²) in [5.74, 6) is -1.52. The maximum atomic E-state index is 10.5. The van der Waals surface area contributed by atoms with Crippen molar-refractivity contribution >= 4 is 23.2 Å². The number of hydrogen-bond acceptors (Lipinski definition) is 3. The third kappa shape index (κ3) is 1.94. The van der Waals surface area contributed by atoms with E-state index >= 15 is 0 Å². The van der Waals surface area contributed by atoms with Crippen molar-refractivity contribution in [1.82, 2.24) is 0 Å². The van der Waals surface area contributed by atoms with Crippen LogP contribution in [0, 0.1) is 0 Å². The molecule has 68 valence electrons. The van der Waals surface area contributed by atoms with Gasteiger partial charge in [-0.1, -0.05) is 18.3 Å². The van der Waals surface area contributed by atoms with Crippen LogP contribution in [0.1, 0.15) is 15.9 Å². The Labute approximate surface area is 79.6 Å². The zero-order valence-corrected chi connectivity index (χ0v) is 7.34. The highest BCUT2D eigenvalue weighted by molar-refractivity contribution is 7.80. The SMILES string of the molecule is NC(=S)c1ccc(C(=O)O)c(O)c1. The van der Waals surface area contributed by atoms with E-state index in [2.05, 4.69) is 12.2 Å². The van der Waals surface area contributed by atoms with Crippen molar-refractivity contribution in [2.45, 2.75) is 0 Å². The topological polar surface area (TPSA) is 83.6 Å². The Morgan fingerprint density at radius 3 is 2.46 bits per heavy atom. The largest absolute Gasteiger partial charge is 0.507 e. The molecular formula is C8H7NO3S. The van der Waals surface area contributed by atoms with Crippen LogP contribution in [0.2, 0.25) is 0 Å². The van der Waals surface area contributed by atoms with Gasteiger partial charge < -0.3 is 15.9 Å². The fourth-order valence-electron chi connectivity index (χ4n) is 0.866. The molecule has 0 spiro atoms. The summed E-state index contributed by atoms with van der Waals surface area (Å²) in [5.41, 5.74) is 5.56. The average Bonchev–Trinajstić information content (AvgIpc) is 2.03. The fourth-order valence-corrected chi connectivity index (χ4v) is 0.993. The summed E-state index contributed by atoms with van der Waals surface area (Å²) >= 11 is 4.65. The monoisotopic (exact) mass is 197 g/mol. The van der Waals surface area contributed by atoms with Crippen LogP contribution in [0.3, 0.4) is 0 Å². The lowest BCUT2D eigenvalue weighted by molar-refractivity contribution is 0.0694. The highest BCUT2D eigenvalue weighted by Gasteiger charge is 2.09. The van der Waals surface area contributed by atoms with Crippen LogP contribution < -0.4 is 5.73 Å². The molecule has 4 nitrogen and oxygen atoms in total. The molecule has 0 fully saturated rings. The van der Waals surface area contributed by atoms with Crippen LogP contribution in [-0.4, -0.2) is 21.2 Å². The van der Waals surface area contributed by atoms with E-state index < -0.39 is 5.97 Å². The van der Waals surface area contributed by atoms with Crippen molar-refractivity contribution in [2.24, 2.45) is 5.73 Å². The van der Waals surface area contributed by atoms with E-state index in [0.717, 1.165) is 0 Å². The summed E-state index contributed by atoms with van der Waals surface area (Å²) in [4.78, 5) is 10.6. The van der Waals surface area contributed by atoms with Gasteiger partial charge in [-0.15, -0.1) is 0 Å². The molecule has 5 heteroatoms. The van der Waals surface area contributed by atoms with Crippen molar-refractivity contribution in [1.29, 1.82) is 0 Å².